The SMILES string of the molecule is N#CCCNS(=O)(=O)c1ccc(C(=O)OCc2ccn(-c3ccccc3)n2)cc1. The number of nitrogens with one attached hydrogen (secondary N) is 1. The predicted molar refractivity (Wildman–Crippen MR) is 105 cm³/mol. The van der Waals surface area contributed by atoms with Crippen LogP contribution in [0.4, 0.5) is 0 Å². The summed E-state index contributed by atoms with van der Waals surface area (Å²) in [4.78, 5) is 12.2. The second kappa shape index (κ2) is 9.14. The first-order chi connectivity index (χ1) is 14.0. The first-order valence-corrected chi connectivity index (χ1v) is 10.2. The van der Waals surface area contributed by atoms with Gasteiger partial charge in [-0.05, 0) is 42.5 Å². The third kappa shape index (κ3) is 5.28. The fourth-order valence-electron chi connectivity index (χ4n) is 2.48. The van der Waals surface area contributed by atoms with Gasteiger partial charge < -0.3 is 4.74 Å². The lowest BCUT2D eigenvalue weighted by Gasteiger charge is -2.07. The van der Waals surface area contributed by atoms with E-state index in [9.17, 15) is 13.2 Å². The van der Waals surface area contributed by atoms with Crippen LogP contribution in [0.3, 0.4) is 0 Å². The van der Waals surface area contributed by atoms with E-state index in [0.717, 1.165) is 5.69 Å². The molecule has 1 heterocycles. The van der Waals surface area contributed by atoms with E-state index >= 15 is 0 Å². The van der Waals surface area contributed by atoms with E-state index in [0.29, 0.717) is 5.69 Å². The van der Waals surface area contributed by atoms with Gasteiger partial charge in [0.2, 0.25) is 10.0 Å². The van der Waals surface area contributed by atoms with E-state index < -0.39 is 16.0 Å². The first-order valence-electron chi connectivity index (χ1n) is 8.73. The van der Waals surface area contributed by atoms with Crippen LogP contribution in [-0.2, 0) is 21.4 Å². The molecular weight excluding hydrogens is 392 g/mol. The van der Waals surface area contributed by atoms with Crippen LogP contribution in [0, 0.1) is 11.3 Å². The molecule has 0 saturated heterocycles. The fourth-order valence-corrected chi connectivity index (χ4v) is 3.51. The largest absolute Gasteiger partial charge is 0.456 e. The van der Waals surface area contributed by atoms with E-state index in [1.54, 1.807) is 16.9 Å². The van der Waals surface area contributed by atoms with Gasteiger partial charge in [0.15, 0.2) is 0 Å². The Labute approximate surface area is 168 Å². The molecule has 0 unspecified atom stereocenters. The standard InChI is InChI=1S/C20H18N4O4S/c21-12-4-13-22-29(26,27)19-9-7-16(8-10-19)20(25)28-15-17-11-14-24(23-17)18-5-2-1-3-6-18/h1-3,5-11,14,22H,4,13,15H2. The molecular formula is C20H18N4O4S. The van der Waals surface area contributed by atoms with Gasteiger partial charge in [0, 0.05) is 19.2 Å². The number of hydrogen-bond donors (Lipinski definition) is 1. The minimum atomic E-state index is -3.72. The molecule has 29 heavy (non-hydrogen) atoms. The van der Waals surface area contributed by atoms with E-state index in [2.05, 4.69) is 9.82 Å². The number of carbonyl (C=O) groups excluding carboxylic acids is 1. The molecule has 9 heteroatoms. The summed E-state index contributed by atoms with van der Waals surface area (Å²) in [5.41, 5.74) is 1.71. The Morgan fingerprint density at radius 1 is 1.10 bits per heavy atom. The molecule has 3 aromatic rings. The number of ether oxygens (including phenoxy) is 1. The molecule has 3 rings (SSSR count). The number of nitriles is 1. The van der Waals surface area contributed by atoms with Gasteiger partial charge in [-0.3, -0.25) is 0 Å². The number of hydrogen-bond acceptors (Lipinski definition) is 6. The van der Waals surface area contributed by atoms with Crippen LogP contribution in [0.2, 0.25) is 0 Å². The molecule has 0 radical (unpaired) electrons. The zero-order chi connectivity index (χ0) is 20.7. The lowest BCUT2D eigenvalue weighted by Crippen LogP contribution is -2.24. The maximum Gasteiger partial charge on any atom is 0.338 e. The van der Waals surface area contributed by atoms with Crippen molar-refractivity contribution in [2.75, 3.05) is 6.54 Å². The highest BCUT2D eigenvalue weighted by molar-refractivity contribution is 7.89. The minimum absolute atomic E-state index is 0.00552. The van der Waals surface area contributed by atoms with E-state index in [-0.39, 0.29) is 30.0 Å². The summed E-state index contributed by atoms with van der Waals surface area (Å²) in [6, 6.07) is 18.5. The van der Waals surface area contributed by atoms with Crippen molar-refractivity contribution in [3.63, 3.8) is 0 Å². The molecule has 0 aliphatic carbocycles. The van der Waals surface area contributed by atoms with Crippen molar-refractivity contribution >= 4 is 16.0 Å². The Balaban J connectivity index is 1.59. The summed E-state index contributed by atoms with van der Waals surface area (Å²) >= 11 is 0. The smallest absolute Gasteiger partial charge is 0.338 e. The van der Waals surface area contributed by atoms with E-state index in [4.69, 9.17) is 10.00 Å². The summed E-state index contributed by atoms with van der Waals surface area (Å²) in [7, 11) is -3.72. The van der Waals surface area contributed by atoms with Crippen molar-refractivity contribution in [1.29, 1.82) is 5.26 Å². The summed E-state index contributed by atoms with van der Waals surface area (Å²) in [5.74, 6) is -0.583. The minimum Gasteiger partial charge on any atom is -0.456 e. The normalized spacial score (nSPS) is 11.0. The lowest BCUT2D eigenvalue weighted by molar-refractivity contribution is 0.0467. The molecule has 1 N–H and O–H groups in total. The molecule has 0 amide bonds. The second-order valence-electron chi connectivity index (χ2n) is 5.99. The number of para-hydroxylation sites is 1. The number of sulfonamides is 1. The fraction of sp³-hybridized carbons (Fsp3) is 0.150. The highest BCUT2D eigenvalue weighted by Gasteiger charge is 2.15. The maximum atomic E-state index is 12.2. The van der Waals surface area contributed by atoms with Crippen LogP contribution in [0.15, 0.2) is 71.8 Å². The number of nitrogens with zero attached hydrogens (tertiary/aromatic N) is 3. The van der Waals surface area contributed by atoms with Gasteiger partial charge in [-0.2, -0.15) is 10.4 Å². The van der Waals surface area contributed by atoms with Crippen molar-refractivity contribution in [1.82, 2.24) is 14.5 Å². The third-order valence-corrected chi connectivity index (χ3v) is 5.42. The van der Waals surface area contributed by atoms with Gasteiger partial charge in [0.1, 0.15) is 12.3 Å². The molecule has 0 aliphatic rings. The zero-order valence-corrected chi connectivity index (χ0v) is 16.2. The van der Waals surface area contributed by atoms with Crippen LogP contribution in [0.25, 0.3) is 5.69 Å². The van der Waals surface area contributed by atoms with Gasteiger partial charge >= 0.3 is 5.97 Å². The van der Waals surface area contributed by atoms with Crippen molar-refractivity contribution in [2.45, 2.75) is 17.9 Å². The molecule has 0 bridgehead atoms. The van der Waals surface area contributed by atoms with Gasteiger partial charge in [-0.25, -0.2) is 22.6 Å². The summed E-state index contributed by atoms with van der Waals surface area (Å²) in [5, 5.41) is 12.8. The predicted octanol–water partition coefficient (Wildman–Crippen LogP) is 2.42. The molecule has 8 nitrogen and oxygen atoms in total. The quantitative estimate of drug-likeness (QED) is 0.451. The zero-order valence-electron chi connectivity index (χ0n) is 15.4. The number of rotatable bonds is 8. The number of carbonyl (C=O) groups is 1. The third-order valence-electron chi connectivity index (χ3n) is 3.95. The summed E-state index contributed by atoms with van der Waals surface area (Å²) in [6.07, 6.45) is 1.85. The van der Waals surface area contributed by atoms with Crippen molar-refractivity contribution in [3.05, 3.63) is 78.1 Å². The van der Waals surface area contributed by atoms with Crippen LogP contribution in [0.1, 0.15) is 22.5 Å². The van der Waals surface area contributed by atoms with E-state index in [1.807, 2.05) is 36.4 Å². The monoisotopic (exact) mass is 410 g/mol. The second-order valence-corrected chi connectivity index (χ2v) is 7.76. The van der Waals surface area contributed by atoms with Crippen LogP contribution in [0.5, 0.6) is 0 Å². The van der Waals surface area contributed by atoms with Gasteiger partial charge in [0.05, 0.1) is 22.2 Å². The number of benzene rings is 2. The summed E-state index contributed by atoms with van der Waals surface area (Å²) < 4.78 is 33.4. The molecule has 0 aliphatic heterocycles. The van der Waals surface area contributed by atoms with Crippen LogP contribution in [-0.4, -0.2) is 30.7 Å². The maximum absolute atomic E-state index is 12.2. The van der Waals surface area contributed by atoms with Crippen molar-refractivity contribution in [2.24, 2.45) is 0 Å². The van der Waals surface area contributed by atoms with E-state index in [1.165, 1.54) is 24.3 Å². The molecule has 148 valence electrons. The van der Waals surface area contributed by atoms with Gasteiger partial charge in [0.25, 0.3) is 0 Å². The molecule has 2 aromatic carbocycles. The van der Waals surface area contributed by atoms with Gasteiger partial charge in [-0.1, -0.05) is 18.2 Å². The number of esters is 1. The van der Waals surface area contributed by atoms with Crippen LogP contribution >= 0.6 is 0 Å². The average molecular weight is 410 g/mol. The Hall–Kier alpha value is -3.48. The topological polar surface area (TPSA) is 114 Å². The molecule has 0 fully saturated rings. The molecule has 1 aromatic heterocycles. The first kappa shape index (κ1) is 20.3. The Morgan fingerprint density at radius 2 is 1.83 bits per heavy atom. The molecule has 0 atom stereocenters. The highest BCUT2D eigenvalue weighted by atomic mass is 32.2. The molecule has 0 spiro atoms. The number of aromatic nitrogens is 2. The highest BCUT2D eigenvalue weighted by Crippen LogP contribution is 2.13. The lowest BCUT2D eigenvalue weighted by atomic mass is 10.2. The Bertz CT molecular complexity index is 1120. The van der Waals surface area contributed by atoms with Crippen molar-refractivity contribution < 1.29 is 17.9 Å². The average Bonchev–Trinajstić information content (AvgIpc) is 3.22. The van der Waals surface area contributed by atoms with Crippen molar-refractivity contribution in [3.8, 4) is 11.8 Å². The molecule has 0 saturated carbocycles. The van der Waals surface area contributed by atoms with Crippen LogP contribution < -0.4 is 4.72 Å². The Kier molecular flexibility index (Phi) is 6.39. The van der Waals surface area contributed by atoms with Gasteiger partial charge in [-0.15, -0.1) is 0 Å². The Morgan fingerprint density at radius 3 is 2.52 bits per heavy atom. The summed E-state index contributed by atoms with van der Waals surface area (Å²) in [6.45, 7) is 0.0205.